The molecule has 64 valence electrons. The van der Waals surface area contributed by atoms with Gasteiger partial charge < -0.3 is 11.1 Å². The monoisotopic (exact) mass is 164 g/mol. The number of anilines is 1. The van der Waals surface area contributed by atoms with Gasteiger partial charge in [-0.05, 0) is 12.1 Å². The molecule has 0 aliphatic carbocycles. The zero-order chi connectivity index (χ0) is 8.81. The third-order valence-electron chi connectivity index (χ3n) is 1.47. The first-order chi connectivity index (χ1) is 5.79. The number of para-hydroxylation sites is 1. The number of carbonyl (C=O) groups is 1. The lowest BCUT2D eigenvalue weighted by molar-refractivity contribution is -0.117. The summed E-state index contributed by atoms with van der Waals surface area (Å²) in [5, 5.41) is 3.08. The SMILES string of the molecule is NC(=O)CCNc1ccccc1. The van der Waals surface area contributed by atoms with E-state index in [0.717, 1.165) is 5.69 Å². The summed E-state index contributed by atoms with van der Waals surface area (Å²) in [5.74, 6) is -0.279. The average molecular weight is 164 g/mol. The van der Waals surface area contributed by atoms with Crippen molar-refractivity contribution in [2.75, 3.05) is 11.9 Å². The zero-order valence-corrected chi connectivity index (χ0v) is 6.79. The minimum atomic E-state index is -0.279. The van der Waals surface area contributed by atoms with Crippen LogP contribution in [0.25, 0.3) is 0 Å². The van der Waals surface area contributed by atoms with Crippen molar-refractivity contribution in [2.45, 2.75) is 6.42 Å². The van der Waals surface area contributed by atoms with Crippen LogP contribution in [0.3, 0.4) is 0 Å². The Morgan fingerprint density at radius 2 is 2.00 bits per heavy atom. The first kappa shape index (κ1) is 8.59. The molecule has 12 heavy (non-hydrogen) atoms. The smallest absolute Gasteiger partial charge is 0.219 e. The Kier molecular flexibility index (Phi) is 3.14. The maximum atomic E-state index is 10.4. The molecule has 3 heteroatoms. The molecule has 1 aromatic rings. The lowest BCUT2D eigenvalue weighted by atomic mass is 10.3. The van der Waals surface area contributed by atoms with Gasteiger partial charge in [0.25, 0.3) is 0 Å². The summed E-state index contributed by atoms with van der Waals surface area (Å²) < 4.78 is 0. The van der Waals surface area contributed by atoms with E-state index >= 15 is 0 Å². The Morgan fingerprint density at radius 1 is 1.33 bits per heavy atom. The maximum absolute atomic E-state index is 10.4. The van der Waals surface area contributed by atoms with Crippen LogP contribution in [0.1, 0.15) is 6.42 Å². The highest BCUT2D eigenvalue weighted by Gasteiger charge is 1.92. The molecule has 0 saturated heterocycles. The molecule has 0 fully saturated rings. The van der Waals surface area contributed by atoms with E-state index in [0.29, 0.717) is 13.0 Å². The van der Waals surface area contributed by atoms with Crippen LogP contribution in [0, 0.1) is 0 Å². The number of nitrogens with two attached hydrogens (primary N) is 1. The number of amides is 1. The molecule has 0 aliphatic heterocycles. The highest BCUT2D eigenvalue weighted by molar-refractivity contribution is 5.74. The summed E-state index contributed by atoms with van der Waals surface area (Å²) in [4.78, 5) is 10.4. The lowest BCUT2D eigenvalue weighted by Gasteiger charge is -2.02. The average Bonchev–Trinajstić information content (AvgIpc) is 2.05. The van der Waals surface area contributed by atoms with Crippen LogP contribution in [-0.2, 0) is 4.79 Å². The highest BCUT2D eigenvalue weighted by atomic mass is 16.1. The summed E-state index contributed by atoms with van der Waals surface area (Å²) in [6.07, 6.45) is 0.370. The predicted octanol–water partition coefficient (Wildman–Crippen LogP) is 0.974. The van der Waals surface area contributed by atoms with E-state index in [2.05, 4.69) is 5.32 Å². The van der Waals surface area contributed by atoms with Crippen LogP contribution >= 0.6 is 0 Å². The minimum absolute atomic E-state index is 0.279. The second-order valence-electron chi connectivity index (χ2n) is 2.51. The fourth-order valence-corrected chi connectivity index (χ4v) is 0.886. The van der Waals surface area contributed by atoms with Crippen LogP contribution in [0.2, 0.25) is 0 Å². The molecule has 0 spiro atoms. The normalized spacial score (nSPS) is 9.33. The topological polar surface area (TPSA) is 55.1 Å². The molecule has 0 atom stereocenters. The molecule has 0 aliphatic rings. The molecule has 1 amide bonds. The van der Waals surface area contributed by atoms with Gasteiger partial charge in [0.15, 0.2) is 0 Å². The van der Waals surface area contributed by atoms with Gasteiger partial charge in [-0.3, -0.25) is 4.79 Å². The van der Waals surface area contributed by atoms with E-state index in [1.165, 1.54) is 0 Å². The van der Waals surface area contributed by atoms with Crippen LogP contribution in [0.15, 0.2) is 30.3 Å². The van der Waals surface area contributed by atoms with Gasteiger partial charge in [-0.2, -0.15) is 0 Å². The van der Waals surface area contributed by atoms with Crippen molar-refractivity contribution >= 4 is 11.6 Å². The number of nitrogens with one attached hydrogen (secondary N) is 1. The zero-order valence-electron chi connectivity index (χ0n) is 6.79. The van der Waals surface area contributed by atoms with Crippen molar-refractivity contribution in [3.8, 4) is 0 Å². The highest BCUT2D eigenvalue weighted by Crippen LogP contribution is 2.03. The molecular weight excluding hydrogens is 152 g/mol. The van der Waals surface area contributed by atoms with Crippen molar-refractivity contribution in [1.82, 2.24) is 0 Å². The molecule has 0 heterocycles. The van der Waals surface area contributed by atoms with E-state index in [9.17, 15) is 4.79 Å². The van der Waals surface area contributed by atoms with Crippen LogP contribution < -0.4 is 11.1 Å². The van der Waals surface area contributed by atoms with Crippen molar-refractivity contribution in [2.24, 2.45) is 5.73 Å². The minimum Gasteiger partial charge on any atom is -0.385 e. The molecule has 0 saturated carbocycles. The van der Waals surface area contributed by atoms with E-state index < -0.39 is 0 Å². The Hall–Kier alpha value is -1.51. The summed E-state index contributed by atoms with van der Waals surface area (Å²) in [6, 6.07) is 9.71. The summed E-state index contributed by atoms with van der Waals surface area (Å²) in [6.45, 7) is 0.597. The van der Waals surface area contributed by atoms with Gasteiger partial charge >= 0.3 is 0 Å². The van der Waals surface area contributed by atoms with Gasteiger partial charge in [-0.1, -0.05) is 18.2 Å². The van der Waals surface area contributed by atoms with E-state index in [1.54, 1.807) is 0 Å². The summed E-state index contributed by atoms with van der Waals surface area (Å²) in [7, 11) is 0. The van der Waals surface area contributed by atoms with Gasteiger partial charge in [0, 0.05) is 18.7 Å². The van der Waals surface area contributed by atoms with Crippen LogP contribution in [0.4, 0.5) is 5.69 Å². The molecule has 3 N–H and O–H groups in total. The summed E-state index contributed by atoms with van der Waals surface area (Å²) >= 11 is 0. The predicted molar refractivity (Wildman–Crippen MR) is 48.7 cm³/mol. The van der Waals surface area contributed by atoms with E-state index in [-0.39, 0.29) is 5.91 Å². The van der Waals surface area contributed by atoms with E-state index in [4.69, 9.17) is 5.73 Å². The molecule has 1 aromatic carbocycles. The standard InChI is InChI=1S/C9H12N2O/c10-9(12)6-7-11-8-4-2-1-3-5-8/h1-5,11H,6-7H2,(H2,10,12). The van der Waals surface area contributed by atoms with Crippen LogP contribution in [-0.4, -0.2) is 12.5 Å². The number of primary amides is 1. The van der Waals surface area contributed by atoms with Gasteiger partial charge in [0.2, 0.25) is 5.91 Å². The lowest BCUT2D eigenvalue weighted by Crippen LogP contribution is -2.15. The molecule has 0 unspecified atom stereocenters. The van der Waals surface area contributed by atoms with Gasteiger partial charge in [-0.15, -0.1) is 0 Å². The van der Waals surface area contributed by atoms with Crippen molar-refractivity contribution in [3.05, 3.63) is 30.3 Å². The number of carbonyl (C=O) groups excluding carboxylic acids is 1. The van der Waals surface area contributed by atoms with E-state index in [1.807, 2.05) is 30.3 Å². The molecule has 3 nitrogen and oxygen atoms in total. The number of hydrogen-bond acceptors (Lipinski definition) is 2. The number of hydrogen-bond donors (Lipinski definition) is 2. The number of benzene rings is 1. The van der Waals surface area contributed by atoms with Crippen LogP contribution in [0.5, 0.6) is 0 Å². The second-order valence-corrected chi connectivity index (χ2v) is 2.51. The van der Waals surface area contributed by atoms with Gasteiger partial charge in [0.1, 0.15) is 0 Å². The molecular formula is C9H12N2O. The third-order valence-corrected chi connectivity index (χ3v) is 1.47. The Balaban J connectivity index is 2.29. The first-order valence-electron chi connectivity index (χ1n) is 3.86. The largest absolute Gasteiger partial charge is 0.385 e. The number of rotatable bonds is 4. The fraction of sp³-hybridized carbons (Fsp3) is 0.222. The van der Waals surface area contributed by atoms with Crippen molar-refractivity contribution in [1.29, 1.82) is 0 Å². The quantitative estimate of drug-likeness (QED) is 0.696. The van der Waals surface area contributed by atoms with Gasteiger partial charge in [0.05, 0.1) is 0 Å². The molecule has 1 rings (SSSR count). The Morgan fingerprint density at radius 3 is 2.58 bits per heavy atom. The van der Waals surface area contributed by atoms with Crippen molar-refractivity contribution < 1.29 is 4.79 Å². The Bertz CT molecular complexity index is 246. The Labute approximate surface area is 71.6 Å². The molecule has 0 bridgehead atoms. The van der Waals surface area contributed by atoms with Gasteiger partial charge in [-0.25, -0.2) is 0 Å². The molecule has 0 radical (unpaired) electrons. The third kappa shape index (κ3) is 3.05. The second kappa shape index (κ2) is 4.38. The fourth-order valence-electron chi connectivity index (χ4n) is 0.886. The van der Waals surface area contributed by atoms with Crippen molar-refractivity contribution in [3.63, 3.8) is 0 Å². The molecule has 0 aromatic heterocycles. The first-order valence-corrected chi connectivity index (χ1v) is 3.86. The summed E-state index contributed by atoms with van der Waals surface area (Å²) in [5.41, 5.74) is 5.99. The maximum Gasteiger partial charge on any atom is 0.219 e.